The fourth-order valence-corrected chi connectivity index (χ4v) is 1.04. The molecule has 2 nitrogen and oxygen atoms in total. The van der Waals surface area contributed by atoms with E-state index >= 15 is 0 Å². The van der Waals surface area contributed by atoms with E-state index in [0.717, 1.165) is 0 Å². The molecule has 0 saturated carbocycles. The standard InChI is InChI=1S/C10H13FO2S/c11-9-1-3-10(4-2-9)13-6-5-12-7-8-14/h1-4,14H,5-8H2. The van der Waals surface area contributed by atoms with E-state index in [1.54, 1.807) is 12.1 Å². The van der Waals surface area contributed by atoms with Gasteiger partial charge in [-0.1, -0.05) is 0 Å². The van der Waals surface area contributed by atoms with Crippen LogP contribution in [0.2, 0.25) is 0 Å². The van der Waals surface area contributed by atoms with E-state index in [-0.39, 0.29) is 5.82 Å². The number of rotatable bonds is 6. The van der Waals surface area contributed by atoms with Gasteiger partial charge >= 0.3 is 0 Å². The fraction of sp³-hybridized carbons (Fsp3) is 0.400. The van der Waals surface area contributed by atoms with Crippen LogP contribution in [-0.2, 0) is 4.74 Å². The molecular weight excluding hydrogens is 203 g/mol. The average Bonchev–Trinajstić information content (AvgIpc) is 2.21. The van der Waals surface area contributed by atoms with Crippen molar-refractivity contribution in [2.24, 2.45) is 0 Å². The molecular formula is C10H13FO2S. The zero-order valence-corrected chi connectivity index (χ0v) is 8.67. The minimum absolute atomic E-state index is 0.260. The zero-order valence-electron chi connectivity index (χ0n) is 7.78. The molecule has 0 aliphatic rings. The van der Waals surface area contributed by atoms with E-state index in [1.807, 2.05) is 0 Å². The van der Waals surface area contributed by atoms with Gasteiger partial charge in [-0.05, 0) is 24.3 Å². The molecule has 0 amide bonds. The van der Waals surface area contributed by atoms with Crippen LogP contribution in [-0.4, -0.2) is 25.6 Å². The van der Waals surface area contributed by atoms with Crippen LogP contribution in [0, 0.1) is 5.82 Å². The van der Waals surface area contributed by atoms with Gasteiger partial charge in [0.1, 0.15) is 18.2 Å². The maximum atomic E-state index is 12.5. The lowest BCUT2D eigenvalue weighted by molar-refractivity contribution is 0.112. The van der Waals surface area contributed by atoms with Gasteiger partial charge in [0.25, 0.3) is 0 Å². The molecule has 0 spiro atoms. The van der Waals surface area contributed by atoms with Crippen molar-refractivity contribution in [1.82, 2.24) is 0 Å². The van der Waals surface area contributed by atoms with Crippen molar-refractivity contribution in [2.45, 2.75) is 0 Å². The Morgan fingerprint density at radius 3 is 2.43 bits per heavy atom. The minimum atomic E-state index is -0.260. The van der Waals surface area contributed by atoms with E-state index in [9.17, 15) is 4.39 Å². The first-order chi connectivity index (χ1) is 6.83. The van der Waals surface area contributed by atoms with Crippen molar-refractivity contribution in [3.05, 3.63) is 30.1 Å². The summed E-state index contributed by atoms with van der Waals surface area (Å²) in [5.74, 6) is 1.10. The number of halogens is 1. The molecule has 0 fully saturated rings. The van der Waals surface area contributed by atoms with E-state index in [0.29, 0.717) is 31.3 Å². The summed E-state index contributed by atoms with van der Waals surface area (Å²) in [6.45, 7) is 1.62. The molecule has 0 atom stereocenters. The summed E-state index contributed by atoms with van der Waals surface area (Å²) in [6.07, 6.45) is 0. The Hall–Kier alpha value is -0.740. The summed E-state index contributed by atoms with van der Waals surface area (Å²) in [6, 6.07) is 5.91. The van der Waals surface area contributed by atoms with Crippen LogP contribution < -0.4 is 4.74 Å². The van der Waals surface area contributed by atoms with Crippen LogP contribution in [0.3, 0.4) is 0 Å². The highest BCUT2D eigenvalue weighted by atomic mass is 32.1. The Bertz CT molecular complexity index is 251. The number of hydrogen-bond donors (Lipinski definition) is 1. The average molecular weight is 216 g/mol. The zero-order chi connectivity index (χ0) is 10.2. The van der Waals surface area contributed by atoms with Crippen molar-refractivity contribution in [1.29, 1.82) is 0 Å². The van der Waals surface area contributed by atoms with E-state index < -0.39 is 0 Å². The van der Waals surface area contributed by atoms with Gasteiger partial charge in [0, 0.05) is 5.75 Å². The minimum Gasteiger partial charge on any atom is -0.491 e. The van der Waals surface area contributed by atoms with Crippen LogP contribution in [0.5, 0.6) is 5.75 Å². The highest BCUT2D eigenvalue weighted by molar-refractivity contribution is 7.80. The molecule has 1 aromatic carbocycles. The van der Waals surface area contributed by atoms with Gasteiger partial charge in [0.05, 0.1) is 13.2 Å². The molecule has 0 heterocycles. The molecule has 4 heteroatoms. The first kappa shape index (κ1) is 11.3. The second-order valence-electron chi connectivity index (χ2n) is 2.64. The summed E-state index contributed by atoms with van der Waals surface area (Å²) in [5, 5.41) is 0. The molecule has 0 saturated heterocycles. The van der Waals surface area contributed by atoms with Gasteiger partial charge in [-0.2, -0.15) is 12.6 Å². The molecule has 0 unspecified atom stereocenters. The van der Waals surface area contributed by atoms with E-state index in [1.165, 1.54) is 12.1 Å². The lowest BCUT2D eigenvalue weighted by Crippen LogP contribution is -2.07. The lowest BCUT2D eigenvalue weighted by atomic mass is 10.3. The van der Waals surface area contributed by atoms with Crippen LogP contribution >= 0.6 is 12.6 Å². The molecule has 1 aromatic rings. The first-order valence-electron chi connectivity index (χ1n) is 4.40. The Labute approximate surface area is 88.4 Å². The summed E-state index contributed by atoms with van der Waals surface area (Å²) in [7, 11) is 0. The molecule has 1 rings (SSSR count). The molecule has 78 valence electrons. The molecule has 0 radical (unpaired) electrons. The molecule has 0 bridgehead atoms. The van der Waals surface area contributed by atoms with Gasteiger partial charge in [0.15, 0.2) is 0 Å². The smallest absolute Gasteiger partial charge is 0.123 e. The van der Waals surface area contributed by atoms with E-state index in [4.69, 9.17) is 9.47 Å². The van der Waals surface area contributed by atoms with Gasteiger partial charge < -0.3 is 9.47 Å². The lowest BCUT2D eigenvalue weighted by Gasteiger charge is -2.05. The fourth-order valence-electron chi connectivity index (χ4n) is 0.916. The Morgan fingerprint density at radius 1 is 1.07 bits per heavy atom. The number of thiol groups is 1. The normalized spacial score (nSPS) is 10.1. The largest absolute Gasteiger partial charge is 0.491 e. The van der Waals surface area contributed by atoms with Crippen molar-refractivity contribution in [3.63, 3.8) is 0 Å². The van der Waals surface area contributed by atoms with Gasteiger partial charge in [-0.3, -0.25) is 0 Å². The Balaban J connectivity index is 2.15. The highest BCUT2D eigenvalue weighted by Crippen LogP contribution is 2.10. The van der Waals surface area contributed by atoms with Crippen LogP contribution in [0.4, 0.5) is 4.39 Å². The van der Waals surface area contributed by atoms with Crippen molar-refractivity contribution < 1.29 is 13.9 Å². The molecule has 0 aliphatic carbocycles. The SMILES string of the molecule is Fc1ccc(OCCOCCS)cc1. The third-order valence-corrected chi connectivity index (χ3v) is 1.73. The predicted octanol–water partition coefficient (Wildman–Crippen LogP) is 2.15. The quantitative estimate of drug-likeness (QED) is 0.580. The Kier molecular flexibility index (Phi) is 5.40. The number of ether oxygens (including phenoxy) is 2. The predicted molar refractivity (Wildman–Crippen MR) is 56.6 cm³/mol. The summed E-state index contributed by atoms with van der Waals surface area (Å²) >= 11 is 4.00. The van der Waals surface area contributed by atoms with Crippen molar-refractivity contribution >= 4 is 12.6 Å². The second-order valence-corrected chi connectivity index (χ2v) is 3.09. The third kappa shape index (κ3) is 4.48. The maximum absolute atomic E-state index is 12.5. The van der Waals surface area contributed by atoms with Gasteiger partial charge in [-0.15, -0.1) is 0 Å². The molecule has 0 aromatic heterocycles. The molecule has 0 N–H and O–H groups in total. The second kappa shape index (κ2) is 6.68. The van der Waals surface area contributed by atoms with Crippen LogP contribution in [0.1, 0.15) is 0 Å². The number of hydrogen-bond acceptors (Lipinski definition) is 3. The summed E-state index contributed by atoms with van der Waals surface area (Å²) < 4.78 is 22.9. The van der Waals surface area contributed by atoms with Crippen LogP contribution in [0.15, 0.2) is 24.3 Å². The van der Waals surface area contributed by atoms with Crippen LogP contribution in [0.25, 0.3) is 0 Å². The van der Waals surface area contributed by atoms with Gasteiger partial charge in [0.2, 0.25) is 0 Å². The summed E-state index contributed by atoms with van der Waals surface area (Å²) in [5.41, 5.74) is 0. The first-order valence-corrected chi connectivity index (χ1v) is 5.03. The molecule has 0 aliphatic heterocycles. The highest BCUT2D eigenvalue weighted by Gasteiger charge is 1.94. The van der Waals surface area contributed by atoms with Crippen molar-refractivity contribution in [3.8, 4) is 5.75 Å². The van der Waals surface area contributed by atoms with Crippen molar-refractivity contribution in [2.75, 3.05) is 25.6 Å². The maximum Gasteiger partial charge on any atom is 0.123 e. The van der Waals surface area contributed by atoms with E-state index in [2.05, 4.69) is 12.6 Å². The molecule has 14 heavy (non-hydrogen) atoms. The Morgan fingerprint density at radius 2 is 1.79 bits per heavy atom. The topological polar surface area (TPSA) is 18.5 Å². The monoisotopic (exact) mass is 216 g/mol. The van der Waals surface area contributed by atoms with Gasteiger partial charge in [-0.25, -0.2) is 4.39 Å². The third-order valence-electron chi connectivity index (χ3n) is 1.55. The number of benzene rings is 1. The summed E-state index contributed by atoms with van der Waals surface area (Å²) in [4.78, 5) is 0.